The number of halogens is 1. The van der Waals surface area contributed by atoms with E-state index in [1.54, 1.807) is 12.4 Å². The number of hydrogen-bond acceptors (Lipinski definition) is 2. The van der Waals surface area contributed by atoms with Crippen molar-refractivity contribution in [3.63, 3.8) is 0 Å². The summed E-state index contributed by atoms with van der Waals surface area (Å²) in [6.45, 7) is 6.14. The molecule has 4 heteroatoms. The Morgan fingerprint density at radius 2 is 2.06 bits per heavy atom. The Bertz CT molecular complexity index is 517. The first kappa shape index (κ1) is 11.1. The minimum atomic E-state index is 0.468. The summed E-state index contributed by atoms with van der Waals surface area (Å²) in [4.78, 5) is 4.13. The zero-order valence-electron chi connectivity index (χ0n) is 9.66. The van der Waals surface area contributed by atoms with Crippen molar-refractivity contribution in [1.29, 1.82) is 0 Å². The number of rotatable bonds is 2. The van der Waals surface area contributed by atoms with Crippen LogP contribution in [0.5, 0.6) is 0 Å². The van der Waals surface area contributed by atoms with Gasteiger partial charge in [0.05, 0.1) is 17.6 Å². The highest BCUT2D eigenvalue weighted by molar-refractivity contribution is 6.17. The van der Waals surface area contributed by atoms with Gasteiger partial charge in [0, 0.05) is 17.8 Å². The molecule has 0 bridgehead atoms. The van der Waals surface area contributed by atoms with Gasteiger partial charge in [0.2, 0.25) is 0 Å². The van der Waals surface area contributed by atoms with Crippen LogP contribution < -0.4 is 0 Å². The lowest BCUT2D eigenvalue weighted by molar-refractivity contribution is 0.820. The third kappa shape index (κ3) is 1.71. The van der Waals surface area contributed by atoms with Crippen molar-refractivity contribution in [3.8, 4) is 5.69 Å². The van der Waals surface area contributed by atoms with Crippen LogP contribution in [0.1, 0.15) is 22.5 Å². The molecule has 0 saturated carbocycles. The maximum atomic E-state index is 5.91. The van der Waals surface area contributed by atoms with Crippen LogP contribution >= 0.6 is 11.6 Å². The Morgan fingerprint density at radius 3 is 2.62 bits per heavy atom. The number of hydrogen-bond donors (Lipinski definition) is 0. The fourth-order valence-corrected chi connectivity index (χ4v) is 1.90. The SMILES string of the molecule is Cc1nn(-c2cnccc2CCl)c(C)c1C. The lowest BCUT2D eigenvalue weighted by Crippen LogP contribution is -2.03. The maximum absolute atomic E-state index is 5.91. The minimum absolute atomic E-state index is 0.468. The van der Waals surface area contributed by atoms with E-state index in [4.69, 9.17) is 11.6 Å². The Kier molecular flexibility index (Phi) is 2.97. The summed E-state index contributed by atoms with van der Waals surface area (Å²) in [5.74, 6) is 0.468. The molecule has 0 aliphatic rings. The van der Waals surface area contributed by atoms with E-state index in [2.05, 4.69) is 23.9 Å². The second-order valence-corrected chi connectivity index (χ2v) is 4.11. The van der Waals surface area contributed by atoms with Gasteiger partial charge in [0.25, 0.3) is 0 Å². The average Bonchev–Trinajstić information content (AvgIpc) is 2.57. The van der Waals surface area contributed by atoms with Gasteiger partial charge >= 0.3 is 0 Å². The molecule has 2 heterocycles. The number of alkyl halides is 1. The highest BCUT2D eigenvalue weighted by Crippen LogP contribution is 2.20. The van der Waals surface area contributed by atoms with Crippen molar-refractivity contribution in [1.82, 2.24) is 14.8 Å². The van der Waals surface area contributed by atoms with Crippen molar-refractivity contribution in [2.75, 3.05) is 0 Å². The van der Waals surface area contributed by atoms with E-state index in [-0.39, 0.29) is 0 Å². The van der Waals surface area contributed by atoms with Crippen molar-refractivity contribution >= 4 is 11.6 Å². The Labute approximate surface area is 100 Å². The lowest BCUT2D eigenvalue weighted by atomic mass is 10.2. The van der Waals surface area contributed by atoms with E-state index in [9.17, 15) is 0 Å². The zero-order valence-corrected chi connectivity index (χ0v) is 10.4. The van der Waals surface area contributed by atoms with Crippen LogP contribution in [0.3, 0.4) is 0 Å². The lowest BCUT2D eigenvalue weighted by Gasteiger charge is -2.08. The number of aryl methyl sites for hydroxylation is 1. The zero-order chi connectivity index (χ0) is 11.7. The van der Waals surface area contributed by atoms with E-state index in [0.717, 1.165) is 22.6 Å². The molecule has 2 aromatic rings. The number of nitrogens with zero attached hydrogens (tertiary/aromatic N) is 3. The molecule has 2 rings (SSSR count). The van der Waals surface area contributed by atoms with E-state index in [1.807, 2.05) is 17.7 Å². The van der Waals surface area contributed by atoms with Crippen LogP contribution in [0.4, 0.5) is 0 Å². The predicted molar refractivity (Wildman–Crippen MR) is 65.1 cm³/mol. The standard InChI is InChI=1S/C12H14ClN3/c1-8-9(2)15-16(10(8)3)12-7-14-5-4-11(12)6-13/h4-5,7H,6H2,1-3H3. The van der Waals surface area contributed by atoms with Gasteiger partial charge in [0.1, 0.15) is 0 Å². The summed E-state index contributed by atoms with van der Waals surface area (Å²) in [7, 11) is 0. The Morgan fingerprint density at radius 1 is 1.31 bits per heavy atom. The van der Waals surface area contributed by atoms with Gasteiger partial charge in [-0.2, -0.15) is 5.10 Å². The smallest absolute Gasteiger partial charge is 0.0876 e. The first-order chi connectivity index (χ1) is 7.65. The molecule has 3 nitrogen and oxygen atoms in total. The van der Waals surface area contributed by atoms with Crippen molar-refractivity contribution in [2.24, 2.45) is 0 Å². The van der Waals surface area contributed by atoms with Gasteiger partial charge in [-0.25, -0.2) is 4.68 Å². The molecule has 0 N–H and O–H groups in total. The molecule has 0 aromatic carbocycles. The summed E-state index contributed by atoms with van der Waals surface area (Å²) in [5, 5.41) is 4.51. The van der Waals surface area contributed by atoms with E-state index in [1.165, 1.54) is 5.56 Å². The van der Waals surface area contributed by atoms with Crippen LogP contribution in [0.15, 0.2) is 18.5 Å². The highest BCUT2D eigenvalue weighted by atomic mass is 35.5. The van der Waals surface area contributed by atoms with Gasteiger partial charge in [-0.3, -0.25) is 4.98 Å². The molecule has 0 atom stereocenters. The molecule has 16 heavy (non-hydrogen) atoms. The molecule has 0 saturated heterocycles. The second kappa shape index (κ2) is 4.26. The third-order valence-electron chi connectivity index (χ3n) is 2.91. The quantitative estimate of drug-likeness (QED) is 0.750. The van der Waals surface area contributed by atoms with Crippen LogP contribution in [-0.4, -0.2) is 14.8 Å². The van der Waals surface area contributed by atoms with Crippen LogP contribution in [0, 0.1) is 20.8 Å². The Hall–Kier alpha value is -1.35. The fourth-order valence-electron chi connectivity index (χ4n) is 1.67. The second-order valence-electron chi connectivity index (χ2n) is 3.85. The van der Waals surface area contributed by atoms with Gasteiger partial charge in [-0.05, 0) is 38.0 Å². The molecule has 0 aliphatic carbocycles. The topological polar surface area (TPSA) is 30.7 Å². The molecular weight excluding hydrogens is 222 g/mol. The fraction of sp³-hybridized carbons (Fsp3) is 0.333. The minimum Gasteiger partial charge on any atom is -0.262 e. The first-order valence-electron chi connectivity index (χ1n) is 5.17. The van der Waals surface area contributed by atoms with Crippen LogP contribution in [-0.2, 0) is 5.88 Å². The summed E-state index contributed by atoms with van der Waals surface area (Å²) >= 11 is 5.91. The molecule has 84 valence electrons. The van der Waals surface area contributed by atoms with E-state index < -0.39 is 0 Å². The molecule has 0 radical (unpaired) electrons. The van der Waals surface area contributed by atoms with E-state index in [0.29, 0.717) is 5.88 Å². The third-order valence-corrected chi connectivity index (χ3v) is 3.20. The van der Waals surface area contributed by atoms with Gasteiger partial charge < -0.3 is 0 Å². The van der Waals surface area contributed by atoms with Gasteiger partial charge in [0.15, 0.2) is 0 Å². The predicted octanol–water partition coefficient (Wildman–Crippen LogP) is 2.93. The van der Waals surface area contributed by atoms with Crippen molar-refractivity contribution in [2.45, 2.75) is 26.7 Å². The molecule has 2 aromatic heterocycles. The van der Waals surface area contributed by atoms with Crippen molar-refractivity contribution in [3.05, 3.63) is 41.0 Å². The highest BCUT2D eigenvalue weighted by Gasteiger charge is 2.11. The van der Waals surface area contributed by atoms with Crippen molar-refractivity contribution < 1.29 is 0 Å². The number of aromatic nitrogens is 3. The maximum Gasteiger partial charge on any atom is 0.0876 e. The molecule has 0 fully saturated rings. The number of pyridine rings is 1. The largest absolute Gasteiger partial charge is 0.262 e. The monoisotopic (exact) mass is 235 g/mol. The molecule has 0 aliphatic heterocycles. The molecule has 0 spiro atoms. The normalized spacial score (nSPS) is 10.8. The van der Waals surface area contributed by atoms with Gasteiger partial charge in [-0.15, -0.1) is 11.6 Å². The van der Waals surface area contributed by atoms with Gasteiger partial charge in [-0.1, -0.05) is 0 Å². The first-order valence-corrected chi connectivity index (χ1v) is 5.70. The molecule has 0 unspecified atom stereocenters. The summed E-state index contributed by atoms with van der Waals surface area (Å²) in [5.41, 5.74) is 5.40. The molecule has 0 amide bonds. The molecular formula is C12H14ClN3. The van der Waals surface area contributed by atoms with Crippen LogP contribution in [0.2, 0.25) is 0 Å². The Balaban J connectivity index is 2.63. The summed E-state index contributed by atoms with van der Waals surface area (Å²) < 4.78 is 1.91. The van der Waals surface area contributed by atoms with Crippen LogP contribution in [0.25, 0.3) is 5.69 Å². The summed E-state index contributed by atoms with van der Waals surface area (Å²) in [6, 6.07) is 1.92. The summed E-state index contributed by atoms with van der Waals surface area (Å²) in [6.07, 6.45) is 3.55. The van der Waals surface area contributed by atoms with E-state index >= 15 is 0 Å². The average molecular weight is 236 g/mol.